The number of rotatable bonds is 6. The van der Waals surface area contributed by atoms with Gasteiger partial charge in [0.1, 0.15) is 0 Å². The largest absolute Gasteiger partial charge is 0.147 e. The average Bonchev–Trinajstić information content (AvgIpc) is 3.66. The standard InChI is InChI=1S/C22H17.C17H17S.2CH3.2ClH.H2Si.Zr/c1-16-12-20-14-19(17-8-4-2-5-9-17)15-22(21(20)13-16)18-10-6-3-7-11-18;1-11(2)14-9-15-16(10-14)18-12(3)17(15)13-7-5-4-6-8-13;;;;;;/h2-15H,1H3;4-9,11-12H,1-3H3;2*1H3;2*1H;1H2;. The van der Waals surface area contributed by atoms with E-state index in [9.17, 15) is 0 Å². The zero-order valence-electron chi connectivity index (χ0n) is 27.6. The van der Waals surface area contributed by atoms with Gasteiger partial charge in [-0.05, 0) is 0 Å². The third-order valence-corrected chi connectivity index (χ3v) is 28.0. The summed E-state index contributed by atoms with van der Waals surface area (Å²) in [6.45, 7) is 12.1. The summed E-state index contributed by atoms with van der Waals surface area (Å²) in [7, 11) is 0. The topological polar surface area (TPSA) is 0 Å². The van der Waals surface area contributed by atoms with E-state index in [0.29, 0.717) is 14.8 Å². The second kappa shape index (κ2) is 13.1. The quantitative estimate of drug-likeness (QED) is 0.177. The van der Waals surface area contributed by atoms with Gasteiger partial charge in [-0.2, -0.15) is 0 Å². The molecular formula is C41H44Cl2SSiZr. The van der Waals surface area contributed by atoms with Gasteiger partial charge in [-0.15, -0.1) is 24.8 Å². The number of benzene rings is 4. The SMILES string of the molecule is CC1=Cc2c(-c3ccccc3)cc(-c3ccccc3)cc2[CH]1[Zr]([CH3])([CH3])(=[SiH2])[C]1=C2SC(C)C(c3ccccc3)=C2C=C1C(C)C.Cl.Cl. The van der Waals surface area contributed by atoms with Crippen LogP contribution in [-0.2, 0) is 17.4 Å². The van der Waals surface area contributed by atoms with Crippen LogP contribution in [0.4, 0.5) is 0 Å². The number of fused-ring (bicyclic) bond motifs is 2. The van der Waals surface area contributed by atoms with E-state index in [0.717, 1.165) is 0 Å². The first-order valence-electron chi connectivity index (χ1n) is 16.0. The van der Waals surface area contributed by atoms with Crippen LogP contribution in [0.5, 0.6) is 0 Å². The van der Waals surface area contributed by atoms with E-state index in [4.69, 9.17) is 0 Å². The monoisotopic (exact) mass is 756 g/mol. The fourth-order valence-corrected chi connectivity index (χ4v) is 31.1. The molecule has 0 N–H and O–H groups in total. The van der Waals surface area contributed by atoms with Gasteiger partial charge in [-0.1, -0.05) is 0 Å². The maximum absolute atomic E-state index is 3.78. The number of allylic oxidation sites excluding steroid dienone is 5. The molecule has 0 spiro atoms. The van der Waals surface area contributed by atoms with Gasteiger partial charge >= 0.3 is 272 Å². The molecule has 0 aromatic heterocycles. The molecule has 2 atom stereocenters. The number of halogens is 2. The Morgan fingerprint density at radius 1 is 0.717 bits per heavy atom. The van der Waals surface area contributed by atoms with Gasteiger partial charge in [0.15, 0.2) is 0 Å². The van der Waals surface area contributed by atoms with Gasteiger partial charge < -0.3 is 0 Å². The second-order valence-electron chi connectivity index (χ2n) is 14.3. The van der Waals surface area contributed by atoms with Crippen molar-refractivity contribution in [1.29, 1.82) is 0 Å². The zero-order chi connectivity index (χ0) is 30.8. The van der Waals surface area contributed by atoms with Crippen molar-refractivity contribution in [3.63, 3.8) is 0 Å². The summed E-state index contributed by atoms with van der Waals surface area (Å²) in [6, 6.07) is 38.1. The van der Waals surface area contributed by atoms with Gasteiger partial charge in [0.05, 0.1) is 0 Å². The number of hydrogen-bond donors (Lipinski definition) is 0. The maximum atomic E-state index is 2.75. The maximum Gasteiger partial charge on any atom is -0.147 e. The Morgan fingerprint density at radius 2 is 1.26 bits per heavy atom. The summed E-state index contributed by atoms with van der Waals surface area (Å²) in [4.78, 5) is 1.59. The van der Waals surface area contributed by atoms with Crippen LogP contribution in [0.1, 0.15) is 48.0 Å². The summed E-state index contributed by atoms with van der Waals surface area (Å²) in [5.74, 6) is 0.488. The Hall–Kier alpha value is -2.13. The molecule has 2 aliphatic carbocycles. The van der Waals surface area contributed by atoms with E-state index in [1.165, 1.54) is 44.5 Å². The summed E-state index contributed by atoms with van der Waals surface area (Å²) in [5.41, 5.74) is 15.8. The third-order valence-electron chi connectivity index (χ3n) is 10.0. The van der Waals surface area contributed by atoms with Crippen molar-refractivity contribution in [3.8, 4) is 22.3 Å². The summed E-state index contributed by atoms with van der Waals surface area (Å²) in [5, 5.41) is 0.457. The van der Waals surface area contributed by atoms with Crippen molar-refractivity contribution in [3.05, 3.63) is 151 Å². The summed E-state index contributed by atoms with van der Waals surface area (Å²) in [6.07, 6.45) is 5.15. The Bertz CT molecular complexity index is 2000. The zero-order valence-corrected chi connectivity index (χ0v) is 34.0. The molecule has 5 heteroatoms. The van der Waals surface area contributed by atoms with Gasteiger partial charge in [-0.25, -0.2) is 0 Å². The molecule has 1 aliphatic heterocycles. The van der Waals surface area contributed by atoms with E-state index < -0.39 is 17.4 Å². The minimum Gasteiger partial charge on any atom is -0.147 e. The predicted molar refractivity (Wildman–Crippen MR) is 209 cm³/mol. The summed E-state index contributed by atoms with van der Waals surface area (Å²) >= 11 is -1.66. The molecule has 4 aromatic carbocycles. The van der Waals surface area contributed by atoms with Crippen LogP contribution in [0.15, 0.2) is 134 Å². The van der Waals surface area contributed by atoms with Gasteiger partial charge in [0, 0.05) is 0 Å². The normalized spacial score (nSPS) is 19.0. The first-order chi connectivity index (χ1) is 21.0. The molecule has 0 saturated heterocycles. The van der Waals surface area contributed by atoms with Gasteiger partial charge in [0.2, 0.25) is 0 Å². The fourth-order valence-electron chi connectivity index (χ4n) is 8.31. The molecule has 0 amide bonds. The molecule has 46 heavy (non-hydrogen) atoms. The van der Waals surface area contributed by atoms with Crippen LogP contribution in [-0.4, -0.2) is 12.1 Å². The molecular weight excluding hydrogens is 715 g/mol. The average molecular weight is 759 g/mol. The number of hydrogen-bond acceptors (Lipinski definition) is 1. The molecule has 4 aromatic rings. The van der Waals surface area contributed by atoms with Gasteiger partial charge in [-0.3, -0.25) is 0 Å². The van der Waals surface area contributed by atoms with Crippen LogP contribution < -0.4 is 0 Å². The van der Waals surface area contributed by atoms with Gasteiger partial charge in [0.25, 0.3) is 0 Å². The predicted octanol–water partition coefficient (Wildman–Crippen LogP) is 12.1. The van der Waals surface area contributed by atoms with E-state index in [2.05, 4.69) is 171 Å². The smallest absolute Gasteiger partial charge is 0.147 e. The minimum atomic E-state index is -3.78. The molecule has 0 fully saturated rings. The van der Waals surface area contributed by atoms with Crippen molar-refractivity contribution < 1.29 is 17.4 Å². The molecule has 1 heterocycles. The van der Waals surface area contributed by atoms with Crippen molar-refractivity contribution in [2.45, 2.75) is 45.8 Å². The molecule has 0 radical (unpaired) electrons. The summed E-state index contributed by atoms with van der Waals surface area (Å²) < 4.78 is 7.72. The molecule has 0 bridgehead atoms. The van der Waals surface area contributed by atoms with E-state index in [-0.39, 0.29) is 24.8 Å². The van der Waals surface area contributed by atoms with E-state index in [1.54, 1.807) is 24.9 Å². The molecule has 3 aliphatic rings. The molecule has 0 nitrogen and oxygen atoms in total. The third kappa shape index (κ3) is 5.79. The van der Waals surface area contributed by atoms with Crippen LogP contribution in [0.2, 0.25) is 9.26 Å². The fraction of sp³-hybridized carbons (Fsp3) is 0.220. The van der Waals surface area contributed by atoms with E-state index >= 15 is 0 Å². The van der Waals surface area contributed by atoms with Crippen LogP contribution in [0, 0.1) is 5.92 Å². The van der Waals surface area contributed by atoms with Crippen molar-refractivity contribution in [1.82, 2.24) is 0 Å². The molecule has 236 valence electrons. The second-order valence-corrected chi connectivity index (χ2v) is 45.0. The molecule has 7 rings (SSSR count). The van der Waals surface area contributed by atoms with Crippen molar-refractivity contribution in [2.24, 2.45) is 5.92 Å². The molecule has 0 saturated carbocycles. The first-order valence-corrected chi connectivity index (χ1v) is 30.4. The number of thioether (sulfide) groups is 1. The first kappa shape index (κ1) is 35.2. The van der Waals surface area contributed by atoms with Crippen LogP contribution in [0.25, 0.3) is 33.9 Å². The van der Waals surface area contributed by atoms with E-state index in [1.807, 2.05) is 0 Å². The minimum absolute atomic E-state index is 0. The Morgan fingerprint density at radius 3 is 1.83 bits per heavy atom. The van der Waals surface area contributed by atoms with Crippen LogP contribution in [0.3, 0.4) is 0 Å². The Balaban J connectivity index is 0.00000208. The molecule has 2 unspecified atom stereocenters. The van der Waals surface area contributed by atoms with Crippen molar-refractivity contribution >= 4 is 55.1 Å². The van der Waals surface area contributed by atoms with Crippen LogP contribution >= 0.6 is 36.6 Å². The Kier molecular flexibility index (Phi) is 9.99. The van der Waals surface area contributed by atoms with Crippen molar-refractivity contribution in [2.75, 3.05) is 0 Å². The Labute approximate surface area is 294 Å².